The van der Waals surface area contributed by atoms with Crippen LogP contribution in [0.5, 0.6) is 5.75 Å². The van der Waals surface area contributed by atoms with E-state index >= 15 is 0 Å². The molecule has 6 heteroatoms. The van der Waals surface area contributed by atoms with Crippen molar-refractivity contribution in [3.63, 3.8) is 0 Å². The van der Waals surface area contributed by atoms with Crippen LogP contribution in [0.3, 0.4) is 0 Å². The second kappa shape index (κ2) is 8.54. The number of carboxylic acid groups (broad SMARTS) is 1. The van der Waals surface area contributed by atoms with E-state index in [4.69, 9.17) is 9.47 Å². The molecular formula is C20H27NO5. The highest BCUT2D eigenvalue weighted by molar-refractivity contribution is 5.78. The Morgan fingerprint density at radius 3 is 2.65 bits per heavy atom. The molecule has 3 rings (SSSR count). The van der Waals surface area contributed by atoms with Crippen molar-refractivity contribution in [3.05, 3.63) is 29.8 Å². The Bertz CT molecular complexity index is 639. The minimum Gasteiger partial charge on any atom is -0.483 e. The number of ether oxygens (including phenoxy) is 2. The number of carbonyl (C=O) groups is 2. The van der Waals surface area contributed by atoms with Gasteiger partial charge in [-0.2, -0.15) is 0 Å². The number of para-hydroxylation sites is 1. The first-order valence-corrected chi connectivity index (χ1v) is 9.43. The van der Waals surface area contributed by atoms with Gasteiger partial charge in [-0.15, -0.1) is 0 Å². The third-order valence-electron chi connectivity index (χ3n) is 5.51. The van der Waals surface area contributed by atoms with Crippen molar-refractivity contribution >= 4 is 11.9 Å². The molecule has 0 aliphatic carbocycles. The average Bonchev–Trinajstić information content (AvgIpc) is 3.16. The van der Waals surface area contributed by atoms with Gasteiger partial charge in [0, 0.05) is 19.7 Å². The fraction of sp³-hybridized carbons (Fsp3) is 0.600. The monoisotopic (exact) mass is 361 g/mol. The standard InChI is InChI=1S/C20H27NO5/c1-2-14-5-3-4-6-17(14)26-13-18(22)21-10-7-15(8-11-21)19-16(20(23)24)9-12-25-19/h3-6,15-16,19H,2,7-13H2,1H3,(H,23,24)/t16?,19-/m0/s1. The number of nitrogens with zero attached hydrogens (tertiary/aromatic N) is 1. The first-order valence-electron chi connectivity index (χ1n) is 9.43. The van der Waals surface area contributed by atoms with Gasteiger partial charge in [-0.05, 0) is 43.2 Å². The van der Waals surface area contributed by atoms with Crippen molar-refractivity contribution in [1.29, 1.82) is 0 Å². The SMILES string of the molecule is CCc1ccccc1OCC(=O)N1CCC([C@@H]2OCCC2C(=O)O)CC1. The number of likely N-dealkylation sites (tertiary alicyclic amines) is 1. The molecule has 2 aliphatic rings. The van der Waals surface area contributed by atoms with E-state index in [1.165, 1.54) is 0 Å². The van der Waals surface area contributed by atoms with E-state index < -0.39 is 11.9 Å². The number of amides is 1. The van der Waals surface area contributed by atoms with E-state index in [2.05, 4.69) is 6.92 Å². The number of benzene rings is 1. The highest BCUT2D eigenvalue weighted by Gasteiger charge is 2.40. The fourth-order valence-electron chi connectivity index (χ4n) is 3.99. The number of piperidine rings is 1. The lowest BCUT2D eigenvalue weighted by molar-refractivity contribution is -0.146. The van der Waals surface area contributed by atoms with Crippen LogP contribution in [0.4, 0.5) is 0 Å². The molecule has 142 valence electrons. The third kappa shape index (κ3) is 4.18. The van der Waals surface area contributed by atoms with Crippen LogP contribution in [0.2, 0.25) is 0 Å². The second-order valence-corrected chi connectivity index (χ2v) is 7.04. The molecule has 0 bridgehead atoms. The van der Waals surface area contributed by atoms with Crippen LogP contribution in [0.25, 0.3) is 0 Å². The summed E-state index contributed by atoms with van der Waals surface area (Å²) in [7, 11) is 0. The zero-order chi connectivity index (χ0) is 18.5. The van der Waals surface area contributed by atoms with Gasteiger partial charge >= 0.3 is 5.97 Å². The van der Waals surface area contributed by atoms with Crippen molar-refractivity contribution < 1.29 is 24.2 Å². The van der Waals surface area contributed by atoms with Crippen molar-refractivity contribution in [3.8, 4) is 5.75 Å². The molecule has 2 saturated heterocycles. The van der Waals surface area contributed by atoms with Crippen LogP contribution in [-0.4, -0.2) is 54.3 Å². The van der Waals surface area contributed by atoms with Gasteiger partial charge in [0.15, 0.2) is 6.61 Å². The summed E-state index contributed by atoms with van der Waals surface area (Å²) in [6.45, 7) is 3.89. The van der Waals surface area contributed by atoms with E-state index in [1.54, 1.807) is 0 Å². The number of aryl methyl sites for hydroxylation is 1. The number of aliphatic carboxylic acids is 1. The zero-order valence-corrected chi connectivity index (χ0v) is 15.2. The van der Waals surface area contributed by atoms with Crippen LogP contribution < -0.4 is 4.74 Å². The van der Waals surface area contributed by atoms with E-state index in [9.17, 15) is 14.7 Å². The molecule has 1 unspecified atom stereocenters. The Balaban J connectivity index is 1.48. The lowest BCUT2D eigenvalue weighted by Gasteiger charge is -2.35. The van der Waals surface area contributed by atoms with Crippen molar-refractivity contribution in [2.75, 3.05) is 26.3 Å². The molecule has 0 radical (unpaired) electrons. The zero-order valence-electron chi connectivity index (χ0n) is 15.2. The maximum Gasteiger partial charge on any atom is 0.309 e. The molecule has 0 aromatic heterocycles. The molecule has 26 heavy (non-hydrogen) atoms. The van der Waals surface area contributed by atoms with Crippen LogP contribution in [0.15, 0.2) is 24.3 Å². The van der Waals surface area contributed by atoms with Crippen LogP contribution in [-0.2, 0) is 20.7 Å². The van der Waals surface area contributed by atoms with Gasteiger partial charge < -0.3 is 19.5 Å². The smallest absolute Gasteiger partial charge is 0.309 e. The fourth-order valence-corrected chi connectivity index (χ4v) is 3.99. The first kappa shape index (κ1) is 18.7. The average molecular weight is 361 g/mol. The molecule has 1 aromatic rings. The minimum atomic E-state index is -0.769. The molecule has 0 spiro atoms. The minimum absolute atomic E-state index is 0.0171. The summed E-state index contributed by atoms with van der Waals surface area (Å²) >= 11 is 0. The number of hydrogen-bond acceptors (Lipinski definition) is 4. The summed E-state index contributed by atoms with van der Waals surface area (Å²) in [6.07, 6.45) is 2.81. The molecule has 2 heterocycles. The lowest BCUT2D eigenvalue weighted by Crippen LogP contribution is -2.44. The molecule has 0 saturated carbocycles. The van der Waals surface area contributed by atoms with Crippen molar-refractivity contribution in [2.45, 2.75) is 38.7 Å². The highest BCUT2D eigenvalue weighted by atomic mass is 16.5. The summed E-state index contributed by atoms with van der Waals surface area (Å²) in [4.78, 5) is 25.6. The Morgan fingerprint density at radius 1 is 1.23 bits per heavy atom. The second-order valence-electron chi connectivity index (χ2n) is 7.04. The maximum atomic E-state index is 12.4. The Kier molecular flexibility index (Phi) is 6.14. The Hall–Kier alpha value is -2.08. The summed E-state index contributed by atoms with van der Waals surface area (Å²) in [5, 5.41) is 9.31. The van der Waals surface area contributed by atoms with Crippen LogP contribution in [0.1, 0.15) is 31.7 Å². The highest BCUT2D eigenvalue weighted by Crippen LogP contribution is 2.33. The normalized spacial score (nSPS) is 23.8. The number of carboxylic acids is 1. The van der Waals surface area contributed by atoms with Gasteiger partial charge in [0.1, 0.15) is 5.75 Å². The molecule has 2 aliphatic heterocycles. The largest absolute Gasteiger partial charge is 0.483 e. The summed E-state index contributed by atoms with van der Waals surface area (Å²) < 4.78 is 11.4. The molecule has 2 atom stereocenters. The first-order chi connectivity index (χ1) is 12.6. The topological polar surface area (TPSA) is 76.1 Å². The predicted octanol–water partition coefficient (Wildman–Crippen LogP) is 2.36. The van der Waals surface area contributed by atoms with Crippen LogP contribution >= 0.6 is 0 Å². The summed E-state index contributed by atoms with van der Waals surface area (Å²) in [6, 6.07) is 7.77. The summed E-state index contributed by atoms with van der Waals surface area (Å²) in [5.41, 5.74) is 1.09. The van der Waals surface area contributed by atoms with Gasteiger partial charge in [0.05, 0.1) is 12.0 Å². The van der Waals surface area contributed by atoms with Crippen molar-refractivity contribution in [2.24, 2.45) is 11.8 Å². The van der Waals surface area contributed by atoms with Gasteiger partial charge in [-0.3, -0.25) is 9.59 Å². The van der Waals surface area contributed by atoms with E-state index in [0.29, 0.717) is 26.1 Å². The Labute approximate surface area is 154 Å². The number of hydrogen-bond donors (Lipinski definition) is 1. The predicted molar refractivity (Wildman–Crippen MR) is 96.1 cm³/mol. The van der Waals surface area contributed by atoms with Crippen molar-refractivity contribution in [1.82, 2.24) is 4.90 Å². The molecule has 1 N–H and O–H groups in total. The van der Waals surface area contributed by atoms with Gasteiger partial charge in [-0.25, -0.2) is 0 Å². The molecular weight excluding hydrogens is 334 g/mol. The quantitative estimate of drug-likeness (QED) is 0.842. The number of rotatable bonds is 6. The molecule has 2 fully saturated rings. The number of carbonyl (C=O) groups excluding carboxylic acids is 1. The molecule has 1 aromatic carbocycles. The van der Waals surface area contributed by atoms with Crippen LogP contribution in [0, 0.1) is 11.8 Å². The van der Waals surface area contributed by atoms with Gasteiger partial charge in [0.2, 0.25) is 0 Å². The van der Waals surface area contributed by atoms with E-state index in [0.717, 1.165) is 30.6 Å². The maximum absolute atomic E-state index is 12.4. The summed E-state index contributed by atoms with van der Waals surface area (Å²) in [5.74, 6) is -0.215. The third-order valence-corrected chi connectivity index (χ3v) is 5.51. The molecule has 6 nitrogen and oxygen atoms in total. The van der Waals surface area contributed by atoms with E-state index in [-0.39, 0.29) is 24.5 Å². The van der Waals surface area contributed by atoms with Gasteiger partial charge in [0.25, 0.3) is 5.91 Å². The van der Waals surface area contributed by atoms with E-state index in [1.807, 2.05) is 29.2 Å². The van der Waals surface area contributed by atoms with Gasteiger partial charge in [-0.1, -0.05) is 25.1 Å². The molecule has 1 amide bonds. The lowest BCUT2D eigenvalue weighted by atomic mass is 9.84. The Morgan fingerprint density at radius 2 is 1.96 bits per heavy atom.